The van der Waals surface area contributed by atoms with Crippen LogP contribution in [0.25, 0.3) is 21.3 Å². The molecule has 2 aromatic heterocycles. The maximum atomic E-state index is 11.9. The first-order chi connectivity index (χ1) is 7.27. The highest BCUT2D eigenvalue weighted by Gasteiger charge is 2.11. The second kappa shape index (κ2) is 2.84. The summed E-state index contributed by atoms with van der Waals surface area (Å²) in [6, 6.07) is 7.02. The molecule has 15 heavy (non-hydrogen) atoms. The number of hydrogen-bond acceptors (Lipinski definition) is 4. The van der Waals surface area contributed by atoms with Crippen molar-refractivity contribution in [3.05, 3.63) is 39.9 Å². The highest BCUT2D eigenvalue weighted by molar-refractivity contribution is 7.17. The SMILES string of the molecule is O=c1c2ccccc2oc2c(O)csc12. The van der Waals surface area contributed by atoms with Crippen molar-refractivity contribution in [3.63, 3.8) is 0 Å². The largest absolute Gasteiger partial charge is 0.504 e. The summed E-state index contributed by atoms with van der Waals surface area (Å²) >= 11 is 1.20. The molecule has 0 radical (unpaired) electrons. The van der Waals surface area contributed by atoms with Crippen LogP contribution in [0.15, 0.2) is 38.9 Å². The van der Waals surface area contributed by atoms with Gasteiger partial charge in [-0.1, -0.05) is 12.1 Å². The van der Waals surface area contributed by atoms with Gasteiger partial charge in [0.2, 0.25) is 5.43 Å². The van der Waals surface area contributed by atoms with Gasteiger partial charge >= 0.3 is 0 Å². The molecule has 0 aliphatic heterocycles. The van der Waals surface area contributed by atoms with Crippen LogP contribution in [-0.2, 0) is 0 Å². The molecular formula is C11H6O3S. The van der Waals surface area contributed by atoms with Crippen LogP contribution in [0, 0.1) is 0 Å². The van der Waals surface area contributed by atoms with Crippen molar-refractivity contribution in [3.8, 4) is 5.75 Å². The molecule has 0 fully saturated rings. The number of rotatable bonds is 0. The third-order valence-electron chi connectivity index (χ3n) is 2.28. The van der Waals surface area contributed by atoms with Gasteiger partial charge in [0.25, 0.3) is 0 Å². The standard InChI is InChI=1S/C11H6O3S/c12-7-5-15-11-9(13)6-3-1-2-4-8(6)14-10(7)11/h1-5,12H. The average Bonchev–Trinajstić information content (AvgIpc) is 2.62. The Hall–Kier alpha value is -1.81. The summed E-state index contributed by atoms with van der Waals surface area (Å²) in [5, 5.41) is 11.5. The molecule has 0 aliphatic rings. The van der Waals surface area contributed by atoms with Gasteiger partial charge in [-0.2, -0.15) is 0 Å². The Morgan fingerprint density at radius 2 is 2.07 bits per heavy atom. The molecule has 2 heterocycles. The van der Waals surface area contributed by atoms with Crippen molar-refractivity contribution >= 4 is 32.6 Å². The molecule has 74 valence electrons. The van der Waals surface area contributed by atoms with Crippen LogP contribution in [0.3, 0.4) is 0 Å². The van der Waals surface area contributed by atoms with Crippen molar-refractivity contribution in [2.75, 3.05) is 0 Å². The van der Waals surface area contributed by atoms with E-state index >= 15 is 0 Å². The molecule has 0 saturated heterocycles. The Bertz CT molecular complexity index is 708. The van der Waals surface area contributed by atoms with Crippen LogP contribution in [-0.4, -0.2) is 5.11 Å². The summed E-state index contributed by atoms with van der Waals surface area (Å²) in [6.45, 7) is 0. The number of benzene rings is 1. The van der Waals surface area contributed by atoms with Gasteiger partial charge in [-0.3, -0.25) is 4.79 Å². The first kappa shape index (κ1) is 8.49. The zero-order valence-electron chi connectivity index (χ0n) is 7.56. The highest BCUT2D eigenvalue weighted by Crippen LogP contribution is 2.31. The van der Waals surface area contributed by atoms with Crippen LogP contribution in [0.2, 0.25) is 0 Å². The van der Waals surface area contributed by atoms with Crippen LogP contribution >= 0.6 is 11.3 Å². The van der Waals surface area contributed by atoms with Gasteiger partial charge in [-0.05, 0) is 12.1 Å². The van der Waals surface area contributed by atoms with Crippen LogP contribution in [0.4, 0.5) is 0 Å². The molecule has 0 amide bonds. The maximum Gasteiger partial charge on any atom is 0.210 e. The molecule has 0 unspecified atom stereocenters. The molecule has 3 aromatic rings. The lowest BCUT2D eigenvalue weighted by molar-refractivity contribution is 0.470. The minimum atomic E-state index is -0.0860. The van der Waals surface area contributed by atoms with Gasteiger partial charge in [0.05, 0.1) is 5.39 Å². The fourth-order valence-electron chi connectivity index (χ4n) is 1.57. The predicted octanol–water partition coefficient (Wildman–Crippen LogP) is 2.71. The molecule has 3 rings (SSSR count). The van der Waals surface area contributed by atoms with Gasteiger partial charge in [0.15, 0.2) is 11.3 Å². The zero-order chi connectivity index (χ0) is 10.4. The van der Waals surface area contributed by atoms with E-state index in [1.807, 2.05) is 0 Å². The van der Waals surface area contributed by atoms with Gasteiger partial charge in [-0.25, -0.2) is 0 Å². The fraction of sp³-hybridized carbons (Fsp3) is 0. The smallest absolute Gasteiger partial charge is 0.210 e. The van der Waals surface area contributed by atoms with E-state index in [-0.39, 0.29) is 16.8 Å². The zero-order valence-corrected chi connectivity index (χ0v) is 8.38. The Kier molecular flexibility index (Phi) is 1.61. The van der Waals surface area contributed by atoms with Crippen molar-refractivity contribution in [1.82, 2.24) is 0 Å². The van der Waals surface area contributed by atoms with Crippen LogP contribution in [0.1, 0.15) is 0 Å². The molecule has 0 atom stereocenters. The second-order valence-electron chi connectivity index (χ2n) is 3.21. The topological polar surface area (TPSA) is 50.4 Å². The van der Waals surface area contributed by atoms with E-state index in [0.717, 1.165) is 0 Å². The number of para-hydroxylation sites is 1. The third-order valence-corrected chi connectivity index (χ3v) is 3.22. The van der Waals surface area contributed by atoms with Gasteiger partial charge < -0.3 is 9.52 Å². The van der Waals surface area contributed by atoms with E-state index in [1.54, 1.807) is 24.3 Å². The Balaban J connectivity index is 2.68. The minimum absolute atomic E-state index is 0.0258. The van der Waals surface area contributed by atoms with Crippen molar-refractivity contribution in [1.29, 1.82) is 0 Å². The Morgan fingerprint density at radius 3 is 2.93 bits per heavy atom. The van der Waals surface area contributed by atoms with E-state index in [4.69, 9.17) is 4.42 Å². The number of hydrogen-bond donors (Lipinski definition) is 1. The van der Waals surface area contributed by atoms with Crippen molar-refractivity contribution < 1.29 is 9.52 Å². The molecule has 0 saturated carbocycles. The predicted molar refractivity (Wildman–Crippen MR) is 59.5 cm³/mol. The first-order valence-electron chi connectivity index (χ1n) is 4.39. The Labute approximate surface area is 88.2 Å². The molecule has 3 nitrogen and oxygen atoms in total. The van der Waals surface area contributed by atoms with E-state index < -0.39 is 0 Å². The summed E-state index contributed by atoms with van der Waals surface area (Å²) in [4.78, 5) is 11.9. The molecule has 4 heteroatoms. The number of aromatic hydroxyl groups is 1. The van der Waals surface area contributed by atoms with E-state index in [2.05, 4.69) is 0 Å². The van der Waals surface area contributed by atoms with E-state index in [9.17, 15) is 9.90 Å². The van der Waals surface area contributed by atoms with Gasteiger partial charge in [0.1, 0.15) is 10.3 Å². The molecule has 0 aliphatic carbocycles. The van der Waals surface area contributed by atoms with E-state index in [1.165, 1.54) is 16.7 Å². The lowest BCUT2D eigenvalue weighted by Crippen LogP contribution is -1.98. The lowest BCUT2D eigenvalue weighted by atomic mass is 10.2. The summed E-state index contributed by atoms with van der Waals surface area (Å²) in [7, 11) is 0. The molecule has 1 N–H and O–H groups in total. The summed E-state index contributed by atoms with van der Waals surface area (Å²) < 4.78 is 5.92. The summed E-state index contributed by atoms with van der Waals surface area (Å²) in [6.07, 6.45) is 0. The fourth-order valence-corrected chi connectivity index (χ4v) is 2.38. The van der Waals surface area contributed by atoms with Gasteiger partial charge in [-0.15, -0.1) is 11.3 Å². The number of thiophene rings is 1. The van der Waals surface area contributed by atoms with Crippen molar-refractivity contribution in [2.45, 2.75) is 0 Å². The molecule has 0 spiro atoms. The van der Waals surface area contributed by atoms with E-state index in [0.29, 0.717) is 15.7 Å². The quantitative estimate of drug-likeness (QED) is 0.631. The monoisotopic (exact) mass is 218 g/mol. The lowest BCUT2D eigenvalue weighted by Gasteiger charge is -1.96. The third kappa shape index (κ3) is 1.08. The number of fused-ring (bicyclic) bond motifs is 2. The second-order valence-corrected chi connectivity index (χ2v) is 4.09. The van der Waals surface area contributed by atoms with Crippen molar-refractivity contribution in [2.24, 2.45) is 0 Å². The first-order valence-corrected chi connectivity index (χ1v) is 5.27. The molecular weight excluding hydrogens is 212 g/mol. The highest BCUT2D eigenvalue weighted by atomic mass is 32.1. The normalized spacial score (nSPS) is 11.2. The average molecular weight is 218 g/mol. The Morgan fingerprint density at radius 1 is 1.27 bits per heavy atom. The van der Waals surface area contributed by atoms with Gasteiger partial charge in [0, 0.05) is 5.38 Å². The minimum Gasteiger partial charge on any atom is -0.504 e. The van der Waals surface area contributed by atoms with Crippen LogP contribution < -0.4 is 5.43 Å². The summed E-state index contributed by atoms with van der Waals surface area (Å²) in [5.74, 6) is 0.0258. The maximum absolute atomic E-state index is 11.9. The molecule has 0 bridgehead atoms. The van der Waals surface area contributed by atoms with Crippen LogP contribution in [0.5, 0.6) is 5.75 Å². The summed E-state index contributed by atoms with van der Waals surface area (Å²) in [5.41, 5.74) is 0.699. The molecule has 1 aromatic carbocycles.